The average Bonchev–Trinajstić information content (AvgIpc) is 2.87. The molecule has 1 rings (SSSR count). The summed E-state index contributed by atoms with van der Waals surface area (Å²) in [6.45, 7) is 12.8. The number of alkyl halides is 2. The number of rotatable bonds is 16. The number of nitrogens with zero attached hydrogens (tertiary/aromatic N) is 1. The summed E-state index contributed by atoms with van der Waals surface area (Å²) >= 11 is 0. The summed E-state index contributed by atoms with van der Waals surface area (Å²) < 4.78 is 55.7. The molecule has 216 valence electrons. The maximum atomic E-state index is 14.7. The molecule has 1 aliphatic carbocycles. The largest absolute Gasteiger partial charge is 0.384 e. The smallest absolute Gasteiger partial charge is 0.121 e. The minimum Gasteiger partial charge on any atom is -0.384 e. The highest BCUT2D eigenvalue weighted by Gasteiger charge is 2.22. The van der Waals surface area contributed by atoms with Crippen molar-refractivity contribution in [2.75, 3.05) is 6.54 Å². The molecule has 0 aliphatic heterocycles. The second-order valence-electron chi connectivity index (χ2n) is 10.4. The van der Waals surface area contributed by atoms with Crippen LogP contribution in [0, 0.1) is 5.92 Å². The van der Waals surface area contributed by atoms with Gasteiger partial charge in [0.25, 0.3) is 0 Å². The first-order valence-electron chi connectivity index (χ1n) is 13.9. The van der Waals surface area contributed by atoms with Crippen LogP contribution in [-0.2, 0) is 0 Å². The van der Waals surface area contributed by atoms with E-state index in [1.54, 1.807) is 39.1 Å². The Balaban J connectivity index is 2.92. The summed E-state index contributed by atoms with van der Waals surface area (Å²) in [5.74, 6) is 0.127. The molecule has 0 aromatic heterocycles. The van der Waals surface area contributed by atoms with Crippen LogP contribution >= 0.6 is 0 Å². The molecule has 0 amide bonds. The normalized spacial score (nSPS) is 20.9. The molecule has 5 atom stereocenters. The Bertz CT molecular complexity index is 912. The Morgan fingerprint density at radius 2 is 1.76 bits per heavy atom. The predicted octanol–water partition coefficient (Wildman–Crippen LogP) is 8.64. The molecule has 1 aliphatic rings. The minimum absolute atomic E-state index is 0.0838. The number of halogens is 4. The summed E-state index contributed by atoms with van der Waals surface area (Å²) in [4.78, 5) is 1.96. The molecular weight excluding hydrogens is 490 g/mol. The third-order valence-electron chi connectivity index (χ3n) is 7.20. The Morgan fingerprint density at radius 1 is 1.13 bits per heavy atom. The lowest BCUT2D eigenvalue weighted by molar-refractivity contribution is 0.274. The molecular formula is C31H49F4N3. The zero-order valence-corrected chi connectivity index (χ0v) is 24.3. The van der Waals surface area contributed by atoms with E-state index in [0.29, 0.717) is 48.3 Å². The average molecular weight is 540 g/mol. The first kappa shape index (κ1) is 33.6. The third-order valence-corrected chi connectivity index (χ3v) is 7.20. The molecule has 3 N–H and O–H groups in total. The number of hydrogen-bond acceptors (Lipinski definition) is 3. The number of hydrogen-bond donors (Lipinski definition) is 2. The molecule has 3 nitrogen and oxygen atoms in total. The monoisotopic (exact) mass is 539 g/mol. The van der Waals surface area contributed by atoms with Gasteiger partial charge in [0.15, 0.2) is 0 Å². The molecule has 0 aromatic carbocycles. The van der Waals surface area contributed by atoms with E-state index in [-0.39, 0.29) is 36.1 Å². The summed E-state index contributed by atoms with van der Waals surface area (Å²) in [6.07, 6.45) is 11.6. The van der Waals surface area contributed by atoms with E-state index in [1.807, 2.05) is 30.9 Å². The summed E-state index contributed by atoms with van der Waals surface area (Å²) in [6, 6.07) is -0.234. The molecule has 4 unspecified atom stereocenters. The molecule has 0 spiro atoms. The van der Waals surface area contributed by atoms with Crippen LogP contribution in [0.4, 0.5) is 17.6 Å². The van der Waals surface area contributed by atoms with Gasteiger partial charge in [-0.25, -0.2) is 17.6 Å². The van der Waals surface area contributed by atoms with Crippen molar-refractivity contribution in [3.05, 3.63) is 70.8 Å². The lowest BCUT2D eigenvalue weighted by Gasteiger charge is -2.34. The lowest BCUT2D eigenvalue weighted by Crippen LogP contribution is -2.39. The van der Waals surface area contributed by atoms with E-state index in [0.717, 1.165) is 12.8 Å². The first-order valence-corrected chi connectivity index (χ1v) is 13.9. The maximum Gasteiger partial charge on any atom is 0.121 e. The Hall–Kier alpha value is -2.44. The summed E-state index contributed by atoms with van der Waals surface area (Å²) in [5, 5.41) is 3.26. The lowest BCUT2D eigenvalue weighted by atomic mass is 9.97. The SMILES string of the molecule is CCC(/C=C(/C)C(C)F)N/C=C(/N)N(CCC/C(F)=C\C[C@@H](/C=C(/C)C(C)F)CC)C1C=CC(F)=C(C)C1. The van der Waals surface area contributed by atoms with Crippen LogP contribution in [0.15, 0.2) is 70.8 Å². The van der Waals surface area contributed by atoms with Crippen molar-refractivity contribution in [1.29, 1.82) is 0 Å². The van der Waals surface area contributed by atoms with E-state index in [9.17, 15) is 17.6 Å². The van der Waals surface area contributed by atoms with E-state index in [1.165, 1.54) is 19.9 Å². The molecule has 7 heteroatoms. The van der Waals surface area contributed by atoms with Crippen molar-refractivity contribution in [2.24, 2.45) is 11.7 Å². The zero-order chi connectivity index (χ0) is 28.8. The second kappa shape index (κ2) is 17.2. The quantitative estimate of drug-likeness (QED) is 0.152. The van der Waals surface area contributed by atoms with Crippen LogP contribution < -0.4 is 11.1 Å². The Morgan fingerprint density at radius 3 is 2.32 bits per heavy atom. The van der Waals surface area contributed by atoms with Gasteiger partial charge in [-0.3, -0.25) is 0 Å². The van der Waals surface area contributed by atoms with Crippen LogP contribution in [0.1, 0.15) is 87.0 Å². The van der Waals surface area contributed by atoms with Crippen molar-refractivity contribution in [2.45, 2.75) is 111 Å². The van der Waals surface area contributed by atoms with Gasteiger partial charge in [0.05, 0.1) is 11.9 Å². The van der Waals surface area contributed by atoms with Crippen molar-refractivity contribution >= 4 is 0 Å². The van der Waals surface area contributed by atoms with Crippen LogP contribution in [0.2, 0.25) is 0 Å². The second-order valence-corrected chi connectivity index (χ2v) is 10.4. The molecule has 38 heavy (non-hydrogen) atoms. The fraction of sp³-hybridized carbons (Fsp3) is 0.613. The van der Waals surface area contributed by atoms with Gasteiger partial charge in [0, 0.05) is 25.2 Å². The van der Waals surface area contributed by atoms with Gasteiger partial charge in [-0.1, -0.05) is 38.2 Å². The van der Waals surface area contributed by atoms with E-state index in [4.69, 9.17) is 5.73 Å². The molecule has 0 bridgehead atoms. The predicted molar refractivity (Wildman–Crippen MR) is 153 cm³/mol. The van der Waals surface area contributed by atoms with Crippen LogP contribution in [-0.4, -0.2) is 35.9 Å². The van der Waals surface area contributed by atoms with Gasteiger partial charge >= 0.3 is 0 Å². The van der Waals surface area contributed by atoms with Gasteiger partial charge in [-0.05, 0) is 95.4 Å². The molecule has 0 saturated carbocycles. The summed E-state index contributed by atoms with van der Waals surface area (Å²) in [5.41, 5.74) is 8.44. The minimum atomic E-state index is -1.02. The molecule has 0 aromatic rings. The van der Waals surface area contributed by atoms with E-state index < -0.39 is 12.3 Å². The standard InChI is InChI=1S/C31H49F4N3/c1-8-26(17-21(3)24(6)32)12-13-27(34)11-10-16-38(29-14-15-30(35)23(5)19-29)31(36)20-37-28(9-2)18-22(4)25(7)33/h13-15,17-18,20,24-26,28-29,37H,8-12,16,19,36H2,1-7H3/b21-17-,22-18-,27-13+,31-20-/t24?,25?,26-,28?,29?/m0/s1. The highest BCUT2D eigenvalue weighted by molar-refractivity contribution is 5.27. The Kier molecular flexibility index (Phi) is 15.2. The van der Waals surface area contributed by atoms with E-state index in [2.05, 4.69) is 5.32 Å². The van der Waals surface area contributed by atoms with Gasteiger partial charge in [0.1, 0.15) is 24.0 Å². The first-order chi connectivity index (χ1) is 17.9. The van der Waals surface area contributed by atoms with E-state index >= 15 is 0 Å². The van der Waals surface area contributed by atoms with Crippen molar-refractivity contribution < 1.29 is 17.6 Å². The zero-order valence-electron chi connectivity index (χ0n) is 24.3. The fourth-order valence-corrected chi connectivity index (χ4v) is 4.18. The number of nitrogens with two attached hydrogens (primary N) is 1. The molecule has 0 heterocycles. The van der Waals surface area contributed by atoms with Gasteiger partial charge in [-0.2, -0.15) is 0 Å². The number of allylic oxidation sites excluding steroid dienone is 7. The fourth-order valence-electron chi connectivity index (χ4n) is 4.18. The van der Waals surface area contributed by atoms with Crippen molar-refractivity contribution in [1.82, 2.24) is 10.2 Å². The van der Waals surface area contributed by atoms with Gasteiger partial charge in [0.2, 0.25) is 0 Å². The van der Waals surface area contributed by atoms with Crippen molar-refractivity contribution in [3.8, 4) is 0 Å². The highest BCUT2D eigenvalue weighted by Crippen LogP contribution is 2.26. The number of nitrogens with one attached hydrogen (secondary N) is 1. The van der Waals surface area contributed by atoms with Gasteiger partial charge in [-0.15, -0.1) is 0 Å². The van der Waals surface area contributed by atoms with Crippen LogP contribution in [0.25, 0.3) is 0 Å². The molecule has 0 saturated heterocycles. The van der Waals surface area contributed by atoms with Crippen LogP contribution in [0.5, 0.6) is 0 Å². The highest BCUT2D eigenvalue weighted by atomic mass is 19.1. The summed E-state index contributed by atoms with van der Waals surface area (Å²) in [7, 11) is 0. The Labute approximate surface area is 228 Å². The molecule has 0 fully saturated rings. The maximum absolute atomic E-state index is 14.7. The third kappa shape index (κ3) is 12.0. The molecule has 0 radical (unpaired) electrons. The topological polar surface area (TPSA) is 41.3 Å². The van der Waals surface area contributed by atoms with Crippen molar-refractivity contribution in [3.63, 3.8) is 0 Å². The van der Waals surface area contributed by atoms with Gasteiger partial charge < -0.3 is 16.0 Å². The van der Waals surface area contributed by atoms with Crippen LogP contribution in [0.3, 0.4) is 0 Å².